The van der Waals surface area contributed by atoms with Crippen molar-refractivity contribution in [2.45, 2.75) is 25.0 Å². The number of nitrogens with zero attached hydrogens (tertiary/aromatic N) is 2. The van der Waals surface area contributed by atoms with Crippen molar-refractivity contribution in [3.05, 3.63) is 40.9 Å². The molecule has 0 bridgehead atoms. The maximum atomic E-state index is 5.78. The molecule has 0 amide bonds. The van der Waals surface area contributed by atoms with Gasteiger partial charge in [0, 0.05) is 0 Å². The van der Waals surface area contributed by atoms with Gasteiger partial charge in [-0.2, -0.15) is 0 Å². The number of ether oxygens (including phenoxy) is 1. The predicted molar refractivity (Wildman–Crippen MR) is 69.2 cm³/mol. The van der Waals surface area contributed by atoms with Crippen LogP contribution in [0.15, 0.2) is 30.5 Å². The van der Waals surface area contributed by atoms with E-state index in [2.05, 4.69) is 15.0 Å². The number of rotatable bonds is 5. The molecule has 0 radical (unpaired) electrons. The maximum absolute atomic E-state index is 5.78. The lowest BCUT2D eigenvalue weighted by molar-refractivity contribution is 0.302. The van der Waals surface area contributed by atoms with Crippen LogP contribution in [0.1, 0.15) is 29.3 Å². The van der Waals surface area contributed by atoms with Crippen molar-refractivity contribution < 1.29 is 4.74 Å². The highest BCUT2D eigenvalue weighted by atomic mass is 32.1. The van der Waals surface area contributed by atoms with Crippen molar-refractivity contribution in [2.24, 2.45) is 5.84 Å². The fraction of sp³-hybridized carbons (Fsp3) is 0.333. The van der Waals surface area contributed by atoms with Crippen LogP contribution < -0.4 is 16.0 Å². The molecule has 1 aromatic carbocycles. The lowest BCUT2D eigenvalue weighted by Crippen LogP contribution is -2.28. The fourth-order valence-corrected chi connectivity index (χ4v) is 2.38. The van der Waals surface area contributed by atoms with Crippen LogP contribution in [0.3, 0.4) is 0 Å². The Morgan fingerprint density at radius 1 is 1.44 bits per heavy atom. The van der Waals surface area contributed by atoms with Crippen molar-refractivity contribution in [3.63, 3.8) is 0 Å². The van der Waals surface area contributed by atoms with Gasteiger partial charge in [-0.1, -0.05) is 16.6 Å². The zero-order valence-corrected chi connectivity index (χ0v) is 10.6. The number of hydrogen-bond donors (Lipinski definition) is 2. The van der Waals surface area contributed by atoms with Crippen LogP contribution in [0, 0.1) is 0 Å². The van der Waals surface area contributed by atoms with Crippen molar-refractivity contribution >= 4 is 11.5 Å². The maximum Gasteiger partial charge on any atom is 0.120 e. The summed E-state index contributed by atoms with van der Waals surface area (Å²) in [6, 6.07) is 7.89. The monoisotopic (exact) mass is 262 g/mol. The van der Waals surface area contributed by atoms with Crippen molar-refractivity contribution in [1.29, 1.82) is 0 Å². The number of hydrogen-bond acceptors (Lipinski definition) is 6. The second kappa shape index (κ2) is 5.01. The Hall–Kier alpha value is -1.50. The van der Waals surface area contributed by atoms with Crippen LogP contribution in [0.4, 0.5) is 0 Å². The number of nitrogens with two attached hydrogens (primary N) is 1. The van der Waals surface area contributed by atoms with E-state index in [4.69, 9.17) is 10.6 Å². The standard InChI is InChI=1S/C12H14N4OS/c13-15-12(11-7-14-16-18-11)8-2-1-3-10(6-8)17-9-4-5-9/h1-3,6-7,9,12,15H,4-5,13H2. The molecule has 2 aromatic rings. The molecule has 1 fully saturated rings. The highest BCUT2D eigenvalue weighted by molar-refractivity contribution is 7.05. The second-order valence-corrected chi connectivity index (χ2v) is 5.13. The highest BCUT2D eigenvalue weighted by Crippen LogP contribution is 2.30. The summed E-state index contributed by atoms with van der Waals surface area (Å²) in [5.41, 5.74) is 3.85. The number of aromatic nitrogens is 2. The minimum atomic E-state index is -0.0900. The summed E-state index contributed by atoms with van der Waals surface area (Å²) in [6.45, 7) is 0. The van der Waals surface area contributed by atoms with E-state index >= 15 is 0 Å². The Kier molecular flexibility index (Phi) is 3.22. The summed E-state index contributed by atoms with van der Waals surface area (Å²) in [6.07, 6.45) is 4.43. The molecule has 0 spiro atoms. The van der Waals surface area contributed by atoms with Crippen molar-refractivity contribution in [2.75, 3.05) is 0 Å². The normalized spacial score (nSPS) is 16.5. The van der Waals surface area contributed by atoms with E-state index in [9.17, 15) is 0 Å². The highest BCUT2D eigenvalue weighted by Gasteiger charge is 2.24. The van der Waals surface area contributed by atoms with Gasteiger partial charge in [0.25, 0.3) is 0 Å². The van der Waals surface area contributed by atoms with Gasteiger partial charge in [-0.05, 0) is 42.1 Å². The molecule has 0 saturated heterocycles. The first-order chi connectivity index (χ1) is 8.86. The molecular weight excluding hydrogens is 248 g/mol. The zero-order chi connectivity index (χ0) is 12.4. The van der Waals surface area contributed by atoms with Crippen LogP contribution in [-0.2, 0) is 0 Å². The van der Waals surface area contributed by atoms with Gasteiger partial charge in [0.1, 0.15) is 5.75 Å². The topological polar surface area (TPSA) is 73.1 Å². The second-order valence-electron chi connectivity index (χ2n) is 4.31. The molecule has 1 aromatic heterocycles. The van der Waals surface area contributed by atoms with Gasteiger partial charge in [-0.25, -0.2) is 5.43 Å². The van der Waals surface area contributed by atoms with E-state index in [0.717, 1.165) is 29.0 Å². The van der Waals surface area contributed by atoms with Gasteiger partial charge >= 0.3 is 0 Å². The summed E-state index contributed by atoms with van der Waals surface area (Å²) < 4.78 is 9.64. The molecule has 6 heteroatoms. The number of benzene rings is 1. The van der Waals surface area contributed by atoms with E-state index in [1.54, 1.807) is 6.20 Å². The molecule has 1 aliphatic carbocycles. The molecule has 3 N–H and O–H groups in total. The summed E-state index contributed by atoms with van der Waals surface area (Å²) in [4.78, 5) is 0.987. The summed E-state index contributed by atoms with van der Waals surface area (Å²) in [7, 11) is 0. The first-order valence-corrected chi connectivity index (χ1v) is 6.64. The Balaban J connectivity index is 1.84. The molecule has 0 aliphatic heterocycles. The van der Waals surface area contributed by atoms with Gasteiger partial charge < -0.3 is 4.74 Å². The lowest BCUT2D eigenvalue weighted by Gasteiger charge is -2.15. The number of hydrazine groups is 1. The van der Waals surface area contributed by atoms with E-state index < -0.39 is 0 Å². The molecule has 1 saturated carbocycles. The number of nitrogens with one attached hydrogen (secondary N) is 1. The molecule has 94 valence electrons. The van der Waals surface area contributed by atoms with Crippen LogP contribution >= 0.6 is 11.5 Å². The minimum absolute atomic E-state index is 0.0900. The van der Waals surface area contributed by atoms with Gasteiger partial charge in [0.2, 0.25) is 0 Å². The third-order valence-electron chi connectivity index (χ3n) is 2.85. The molecule has 1 heterocycles. The quantitative estimate of drug-likeness (QED) is 0.633. The van der Waals surface area contributed by atoms with E-state index in [0.29, 0.717) is 6.10 Å². The molecule has 5 nitrogen and oxygen atoms in total. The minimum Gasteiger partial charge on any atom is -0.490 e. The Morgan fingerprint density at radius 2 is 2.33 bits per heavy atom. The van der Waals surface area contributed by atoms with Crippen LogP contribution in [0.25, 0.3) is 0 Å². The SMILES string of the molecule is NNC(c1cccc(OC2CC2)c1)c1cnns1. The average molecular weight is 262 g/mol. The smallest absolute Gasteiger partial charge is 0.120 e. The van der Waals surface area contributed by atoms with Crippen molar-refractivity contribution in [3.8, 4) is 5.75 Å². The van der Waals surface area contributed by atoms with Gasteiger partial charge in [-0.15, -0.1) is 5.10 Å². The van der Waals surface area contributed by atoms with Gasteiger partial charge in [0.15, 0.2) is 0 Å². The van der Waals surface area contributed by atoms with Crippen molar-refractivity contribution in [1.82, 2.24) is 15.0 Å². The lowest BCUT2D eigenvalue weighted by atomic mass is 10.1. The van der Waals surface area contributed by atoms with Crippen LogP contribution in [0.2, 0.25) is 0 Å². The van der Waals surface area contributed by atoms with E-state index in [1.165, 1.54) is 11.5 Å². The first-order valence-electron chi connectivity index (χ1n) is 5.87. The summed E-state index contributed by atoms with van der Waals surface area (Å²) in [5, 5.41) is 3.84. The molecule has 18 heavy (non-hydrogen) atoms. The average Bonchev–Trinajstić information content (AvgIpc) is 3.04. The van der Waals surface area contributed by atoms with Crippen LogP contribution in [0.5, 0.6) is 5.75 Å². The fourth-order valence-electron chi connectivity index (χ4n) is 1.79. The molecule has 3 rings (SSSR count). The molecule has 1 aliphatic rings. The Morgan fingerprint density at radius 3 is 3.00 bits per heavy atom. The molecule has 1 atom stereocenters. The van der Waals surface area contributed by atoms with E-state index in [1.807, 2.05) is 24.3 Å². The van der Waals surface area contributed by atoms with Gasteiger partial charge in [0.05, 0.1) is 23.2 Å². The predicted octanol–water partition coefficient (Wildman–Crippen LogP) is 1.63. The van der Waals surface area contributed by atoms with E-state index in [-0.39, 0.29) is 6.04 Å². The first kappa shape index (κ1) is 11.6. The van der Waals surface area contributed by atoms with Crippen LogP contribution in [-0.4, -0.2) is 15.7 Å². The summed E-state index contributed by atoms with van der Waals surface area (Å²) >= 11 is 1.34. The third kappa shape index (κ3) is 2.50. The third-order valence-corrected chi connectivity index (χ3v) is 3.58. The zero-order valence-electron chi connectivity index (χ0n) is 9.74. The Labute approximate surface area is 109 Å². The molecule has 1 unspecified atom stereocenters. The summed E-state index contributed by atoms with van der Waals surface area (Å²) in [5.74, 6) is 6.52. The Bertz CT molecular complexity index is 513. The van der Waals surface area contributed by atoms with Gasteiger partial charge in [-0.3, -0.25) is 5.84 Å². The molecular formula is C12H14N4OS. The largest absolute Gasteiger partial charge is 0.490 e.